The van der Waals surface area contributed by atoms with Gasteiger partial charge in [-0.2, -0.15) is 0 Å². The van der Waals surface area contributed by atoms with Crippen LogP contribution in [0.1, 0.15) is 11.3 Å². The Balaban J connectivity index is 2.20. The molecule has 0 aromatic carbocycles. The molecule has 0 radical (unpaired) electrons. The Labute approximate surface area is 69.8 Å². The van der Waals surface area contributed by atoms with E-state index in [1.165, 1.54) is 10.5 Å². The van der Waals surface area contributed by atoms with Gasteiger partial charge in [0, 0.05) is 18.4 Å². The highest BCUT2D eigenvalue weighted by molar-refractivity contribution is 5.65. The highest BCUT2D eigenvalue weighted by Gasteiger charge is 2.19. The standard InChI is InChI=1S/C8H10N2O2/c11-8(12)10-4-2-6-1-3-9-7(6)5-10/h1,3,9H,2,4-5H2,(H,11,12). The number of carbonyl (C=O) groups is 1. The van der Waals surface area contributed by atoms with Crippen molar-refractivity contribution in [3.63, 3.8) is 0 Å². The lowest BCUT2D eigenvalue weighted by Gasteiger charge is -2.23. The van der Waals surface area contributed by atoms with E-state index in [9.17, 15) is 4.79 Å². The van der Waals surface area contributed by atoms with Crippen LogP contribution in [0.4, 0.5) is 4.79 Å². The van der Waals surface area contributed by atoms with Crippen molar-refractivity contribution in [2.45, 2.75) is 13.0 Å². The summed E-state index contributed by atoms with van der Waals surface area (Å²) in [6.45, 7) is 1.11. The molecule has 0 aliphatic carbocycles. The van der Waals surface area contributed by atoms with E-state index >= 15 is 0 Å². The van der Waals surface area contributed by atoms with Crippen molar-refractivity contribution in [3.8, 4) is 0 Å². The first-order chi connectivity index (χ1) is 5.77. The normalized spacial score (nSPS) is 15.8. The maximum atomic E-state index is 10.6. The number of amides is 1. The van der Waals surface area contributed by atoms with Crippen LogP contribution in [-0.4, -0.2) is 27.6 Å². The van der Waals surface area contributed by atoms with Gasteiger partial charge in [-0.3, -0.25) is 0 Å². The molecule has 12 heavy (non-hydrogen) atoms. The van der Waals surface area contributed by atoms with E-state index in [0.29, 0.717) is 13.1 Å². The number of aromatic nitrogens is 1. The van der Waals surface area contributed by atoms with Gasteiger partial charge in [-0.25, -0.2) is 4.79 Å². The predicted octanol–water partition coefficient (Wildman–Crippen LogP) is 1.05. The second-order valence-corrected chi connectivity index (χ2v) is 2.94. The van der Waals surface area contributed by atoms with Crippen molar-refractivity contribution in [2.24, 2.45) is 0 Å². The maximum absolute atomic E-state index is 10.6. The number of nitrogens with one attached hydrogen (secondary N) is 1. The molecular weight excluding hydrogens is 156 g/mol. The molecule has 2 heterocycles. The number of nitrogens with zero attached hydrogens (tertiary/aromatic N) is 1. The predicted molar refractivity (Wildman–Crippen MR) is 42.9 cm³/mol. The molecule has 0 atom stereocenters. The minimum absolute atomic E-state index is 0.498. The minimum Gasteiger partial charge on any atom is -0.465 e. The summed E-state index contributed by atoms with van der Waals surface area (Å²) in [5, 5.41) is 8.71. The van der Waals surface area contributed by atoms with E-state index in [1.807, 2.05) is 12.3 Å². The number of H-pyrrole nitrogens is 1. The molecule has 0 saturated heterocycles. The number of rotatable bonds is 0. The average Bonchev–Trinajstić information content (AvgIpc) is 2.49. The molecule has 0 saturated carbocycles. The highest BCUT2D eigenvalue weighted by Crippen LogP contribution is 2.16. The van der Waals surface area contributed by atoms with Crippen LogP contribution < -0.4 is 0 Å². The van der Waals surface area contributed by atoms with Crippen molar-refractivity contribution in [1.82, 2.24) is 9.88 Å². The summed E-state index contributed by atoms with van der Waals surface area (Å²) in [6, 6.07) is 2.01. The molecule has 1 amide bonds. The van der Waals surface area contributed by atoms with E-state index in [0.717, 1.165) is 12.1 Å². The molecule has 0 spiro atoms. The van der Waals surface area contributed by atoms with Crippen molar-refractivity contribution < 1.29 is 9.90 Å². The summed E-state index contributed by atoms with van der Waals surface area (Å²) < 4.78 is 0. The van der Waals surface area contributed by atoms with Gasteiger partial charge in [0.1, 0.15) is 0 Å². The van der Waals surface area contributed by atoms with Crippen molar-refractivity contribution >= 4 is 6.09 Å². The Morgan fingerprint density at radius 3 is 3.25 bits per heavy atom. The molecular formula is C8H10N2O2. The Hall–Kier alpha value is -1.45. The molecule has 0 fully saturated rings. The van der Waals surface area contributed by atoms with Gasteiger partial charge in [0.2, 0.25) is 0 Å². The van der Waals surface area contributed by atoms with Gasteiger partial charge in [0.05, 0.1) is 6.54 Å². The van der Waals surface area contributed by atoms with Crippen molar-refractivity contribution in [2.75, 3.05) is 6.54 Å². The lowest BCUT2D eigenvalue weighted by atomic mass is 10.1. The topological polar surface area (TPSA) is 56.3 Å². The van der Waals surface area contributed by atoms with Gasteiger partial charge in [-0.15, -0.1) is 0 Å². The number of fused-ring (bicyclic) bond motifs is 1. The summed E-state index contributed by atoms with van der Waals surface area (Å²) in [7, 11) is 0. The zero-order valence-corrected chi connectivity index (χ0v) is 6.58. The second kappa shape index (κ2) is 2.55. The SMILES string of the molecule is O=C(O)N1CCc2cc[nH]c2C1. The first-order valence-corrected chi connectivity index (χ1v) is 3.90. The third-order valence-electron chi connectivity index (χ3n) is 2.20. The molecule has 4 nitrogen and oxygen atoms in total. The molecule has 1 aliphatic rings. The molecule has 1 aromatic rings. The Bertz CT molecular complexity index is 306. The minimum atomic E-state index is -0.838. The van der Waals surface area contributed by atoms with Crippen molar-refractivity contribution in [3.05, 3.63) is 23.5 Å². The number of hydrogen-bond acceptors (Lipinski definition) is 1. The largest absolute Gasteiger partial charge is 0.465 e. The fourth-order valence-corrected chi connectivity index (χ4v) is 1.51. The molecule has 4 heteroatoms. The van der Waals surface area contributed by atoms with E-state index in [2.05, 4.69) is 4.98 Å². The Morgan fingerprint density at radius 1 is 1.67 bits per heavy atom. The van der Waals surface area contributed by atoms with Crippen LogP contribution in [0.3, 0.4) is 0 Å². The molecule has 1 aromatic heterocycles. The second-order valence-electron chi connectivity index (χ2n) is 2.94. The van der Waals surface area contributed by atoms with E-state index in [4.69, 9.17) is 5.11 Å². The smallest absolute Gasteiger partial charge is 0.407 e. The molecule has 1 aliphatic heterocycles. The fourth-order valence-electron chi connectivity index (χ4n) is 1.51. The summed E-state index contributed by atoms with van der Waals surface area (Å²) in [5.74, 6) is 0. The fraction of sp³-hybridized carbons (Fsp3) is 0.375. The van der Waals surface area contributed by atoms with Crippen LogP contribution >= 0.6 is 0 Å². The summed E-state index contributed by atoms with van der Waals surface area (Å²) in [6.07, 6.45) is 1.84. The molecule has 2 rings (SSSR count). The zero-order chi connectivity index (χ0) is 8.55. The highest BCUT2D eigenvalue weighted by atomic mass is 16.4. The van der Waals surface area contributed by atoms with Gasteiger partial charge in [0.25, 0.3) is 0 Å². The van der Waals surface area contributed by atoms with Gasteiger partial charge in [-0.05, 0) is 18.1 Å². The van der Waals surface area contributed by atoms with Crippen LogP contribution in [0.25, 0.3) is 0 Å². The van der Waals surface area contributed by atoms with Crippen LogP contribution in [0, 0.1) is 0 Å². The van der Waals surface area contributed by atoms with E-state index in [1.54, 1.807) is 0 Å². The number of aromatic amines is 1. The van der Waals surface area contributed by atoms with Crippen LogP contribution in [-0.2, 0) is 13.0 Å². The molecule has 0 unspecified atom stereocenters. The molecule has 2 N–H and O–H groups in total. The van der Waals surface area contributed by atoms with Crippen LogP contribution in [0.15, 0.2) is 12.3 Å². The summed E-state index contributed by atoms with van der Waals surface area (Å²) >= 11 is 0. The monoisotopic (exact) mass is 166 g/mol. The lowest BCUT2D eigenvalue weighted by molar-refractivity contribution is 0.139. The third kappa shape index (κ3) is 1.05. The quantitative estimate of drug-likeness (QED) is 0.605. The number of carboxylic acid groups (broad SMARTS) is 1. The van der Waals surface area contributed by atoms with E-state index in [-0.39, 0.29) is 0 Å². The van der Waals surface area contributed by atoms with E-state index < -0.39 is 6.09 Å². The van der Waals surface area contributed by atoms with Gasteiger partial charge < -0.3 is 15.0 Å². The first kappa shape index (κ1) is 7.21. The van der Waals surface area contributed by atoms with Gasteiger partial charge in [-0.1, -0.05) is 0 Å². The Kier molecular flexibility index (Phi) is 1.53. The maximum Gasteiger partial charge on any atom is 0.407 e. The third-order valence-corrected chi connectivity index (χ3v) is 2.20. The van der Waals surface area contributed by atoms with Crippen LogP contribution in [0.2, 0.25) is 0 Å². The molecule has 0 bridgehead atoms. The first-order valence-electron chi connectivity index (χ1n) is 3.90. The Morgan fingerprint density at radius 2 is 2.50 bits per heavy atom. The lowest BCUT2D eigenvalue weighted by Crippen LogP contribution is -2.34. The summed E-state index contributed by atoms with van der Waals surface area (Å²) in [5.41, 5.74) is 2.27. The van der Waals surface area contributed by atoms with Crippen LogP contribution in [0.5, 0.6) is 0 Å². The molecule has 64 valence electrons. The van der Waals surface area contributed by atoms with Crippen molar-refractivity contribution in [1.29, 1.82) is 0 Å². The number of hydrogen-bond donors (Lipinski definition) is 2. The van der Waals surface area contributed by atoms with Gasteiger partial charge >= 0.3 is 6.09 Å². The average molecular weight is 166 g/mol. The zero-order valence-electron chi connectivity index (χ0n) is 6.58. The van der Waals surface area contributed by atoms with Gasteiger partial charge in [0.15, 0.2) is 0 Å². The summed E-state index contributed by atoms with van der Waals surface area (Å²) in [4.78, 5) is 15.1.